The van der Waals surface area contributed by atoms with Gasteiger partial charge in [0.2, 0.25) is 5.91 Å². The molecule has 0 aromatic heterocycles. The van der Waals surface area contributed by atoms with Crippen LogP contribution in [0.2, 0.25) is 10.0 Å². The van der Waals surface area contributed by atoms with Gasteiger partial charge in [-0.25, -0.2) is 8.42 Å². The largest absolute Gasteiger partial charge is 0.352 e. The standard InChI is InChI=1S/C20H22Cl2N2O3S/c21-15-11-12-18(22)19(13-15)24(28(26,27)17-9-5-2-6-10-17)14-20(25)23-16-7-3-1-4-8-16/h2,5-6,9-13,16H,1,3-4,7-8,14H2,(H,23,25). The van der Waals surface area contributed by atoms with Crippen LogP contribution in [-0.4, -0.2) is 26.9 Å². The first-order valence-electron chi connectivity index (χ1n) is 9.20. The Morgan fingerprint density at radius 1 is 1.04 bits per heavy atom. The van der Waals surface area contributed by atoms with E-state index in [4.69, 9.17) is 23.2 Å². The Bertz CT molecular complexity index is 930. The third-order valence-electron chi connectivity index (χ3n) is 4.77. The number of benzene rings is 2. The van der Waals surface area contributed by atoms with Gasteiger partial charge in [-0.2, -0.15) is 0 Å². The van der Waals surface area contributed by atoms with Gasteiger partial charge in [0, 0.05) is 11.1 Å². The van der Waals surface area contributed by atoms with Crippen molar-refractivity contribution in [3.05, 3.63) is 58.6 Å². The number of carbonyl (C=O) groups is 1. The third kappa shape index (κ3) is 4.99. The Balaban J connectivity index is 1.92. The highest BCUT2D eigenvalue weighted by Gasteiger charge is 2.29. The lowest BCUT2D eigenvalue weighted by Crippen LogP contribution is -2.45. The molecule has 0 atom stereocenters. The molecule has 0 saturated heterocycles. The van der Waals surface area contributed by atoms with Crippen molar-refractivity contribution < 1.29 is 13.2 Å². The molecule has 2 aromatic carbocycles. The van der Waals surface area contributed by atoms with Crippen LogP contribution in [0.25, 0.3) is 0 Å². The quantitative estimate of drug-likeness (QED) is 0.711. The van der Waals surface area contributed by atoms with Crippen LogP contribution in [0.3, 0.4) is 0 Å². The van der Waals surface area contributed by atoms with Gasteiger partial charge in [-0.15, -0.1) is 0 Å². The maximum Gasteiger partial charge on any atom is 0.264 e. The molecule has 1 amide bonds. The fraction of sp³-hybridized carbons (Fsp3) is 0.350. The van der Waals surface area contributed by atoms with Gasteiger partial charge in [-0.05, 0) is 43.2 Å². The van der Waals surface area contributed by atoms with Gasteiger partial charge >= 0.3 is 0 Å². The topological polar surface area (TPSA) is 66.5 Å². The van der Waals surface area contributed by atoms with E-state index >= 15 is 0 Å². The molecule has 1 saturated carbocycles. The number of nitrogens with zero attached hydrogens (tertiary/aromatic N) is 1. The van der Waals surface area contributed by atoms with E-state index < -0.39 is 10.0 Å². The van der Waals surface area contributed by atoms with Gasteiger partial charge in [0.15, 0.2) is 0 Å². The molecule has 0 spiro atoms. The molecular weight excluding hydrogens is 419 g/mol. The minimum Gasteiger partial charge on any atom is -0.352 e. The summed E-state index contributed by atoms with van der Waals surface area (Å²) in [4.78, 5) is 12.8. The first-order valence-corrected chi connectivity index (χ1v) is 11.4. The van der Waals surface area contributed by atoms with Crippen LogP contribution < -0.4 is 9.62 Å². The van der Waals surface area contributed by atoms with E-state index in [0.717, 1.165) is 30.0 Å². The zero-order valence-electron chi connectivity index (χ0n) is 15.3. The van der Waals surface area contributed by atoms with E-state index in [1.54, 1.807) is 24.3 Å². The number of hydrogen-bond acceptors (Lipinski definition) is 3. The smallest absolute Gasteiger partial charge is 0.264 e. The van der Waals surface area contributed by atoms with Gasteiger partial charge in [0.05, 0.1) is 15.6 Å². The van der Waals surface area contributed by atoms with Crippen molar-refractivity contribution in [3.8, 4) is 0 Å². The van der Waals surface area contributed by atoms with E-state index in [2.05, 4.69) is 5.32 Å². The Kier molecular flexibility index (Phi) is 6.86. The molecule has 0 radical (unpaired) electrons. The number of amides is 1. The maximum absolute atomic E-state index is 13.3. The monoisotopic (exact) mass is 440 g/mol. The summed E-state index contributed by atoms with van der Waals surface area (Å²) in [7, 11) is -4.00. The summed E-state index contributed by atoms with van der Waals surface area (Å²) in [6, 6.07) is 12.6. The second kappa shape index (κ2) is 9.16. The lowest BCUT2D eigenvalue weighted by atomic mass is 9.95. The van der Waals surface area contributed by atoms with Crippen molar-refractivity contribution >= 4 is 44.8 Å². The molecule has 0 bridgehead atoms. The zero-order chi connectivity index (χ0) is 20.1. The van der Waals surface area contributed by atoms with Crippen molar-refractivity contribution in [1.29, 1.82) is 0 Å². The molecule has 3 rings (SSSR count). The van der Waals surface area contributed by atoms with E-state index in [0.29, 0.717) is 5.02 Å². The Hall–Kier alpha value is -1.76. The Morgan fingerprint density at radius 3 is 2.39 bits per heavy atom. The van der Waals surface area contributed by atoms with E-state index in [-0.39, 0.29) is 34.1 Å². The van der Waals surface area contributed by atoms with Crippen LogP contribution >= 0.6 is 23.2 Å². The summed E-state index contributed by atoms with van der Waals surface area (Å²) in [6.45, 7) is -0.367. The molecule has 1 fully saturated rings. The van der Waals surface area contributed by atoms with Gasteiger partial charge in [-0.3, -0.25) is 9.10 Å². The van der Waals surface area contributed by atoms with Crippen LogP contribution in [-0.2, 0) is 14.8 Å². The van der Waals surface area contributed by atoms with Crippen LogP contribution in [0, 0.1) is 0 Å². The van der Waals surface area contributed by atoms with Crippen LogP contribution in [0.15, 0.2) is 53.4 Å². The molecule has 1 aliphatic rings. The lowest BCUT2D eigenvalue weighted by Gasteiger charge is -2.27. The lowest BCUT2D eigenvalue weighted by molar-refractivity contribution is -0.120. The highest BCUT2D eigenvalue weighted by atomic mass is 35.5. The predicted octanol–water partition coefficient (Wildman–Crippen LogP) is 4.64. The predicted molar refractivity (Wildman–Crippen MR) is 112 cm³/mol. The number of sulfonamides is 1. The molecule has 0 aliphatic heterocycles. The number of rotatable bonds is 6. The fourth-order valence-electron chi connectivity index (χ4n) is 3.35. The van der Waals surface area contributed by atoms with Crippen LogP contribution in [0.1, 0.15) is 32.1 Å². The van der Waals surface area contributed by atoms with Crippen LogP contribution in [0.5, 0.6) is 0 Å². The van der Waals surface area contributed by atoms with E-state index in [1.165, 1.54) is 30.7 Å². The summed E-state index contributed by atoms with van der Waals surface area (Å²) >= 11 is 12.3. The first kappa shape index (κ1) is 21.0. The average molecular weight is 441 g/mol. The molecule has 1 N–H and O–H groups in total. The van der Waals surface area contributed by atoms with Gasteiger partial charge in [0.1, 0.15) is 6.54 Å². The summed E-state index contributed by atoms with van der Waals surface area (Å²) in [5.41, 5.74) is 0.178. The molecule has 0 unspecified atom stereocenters. The molecule has 8 heteroatoms. The number of halogens is 2. The Morgan fingerprint density at radius 2 is 1.71 bits per heavy atom. The molecule has 0 heterocycles. The van der Waals surface area contributed by atoms with E-state index in [9.17, 15) is 13.2 Å². The summed E-state index contributed by atoms with van der Waals surface area (Å²) in [6.07, 6.45) is 5.12. The van der Waals surface area contributed by atoms with Crippen molar-refractivity contribution in [3.63, 3.8) is 0 Å². The number of anilines is 1. The maximum atomic E-state index is 13.3. The summed E-state index contributed by atoms with van der Waals surface area (Å²) in [5, 5.41) is 3.49. The SMILES string of the molecule is O=C(CN(c1cc(Cl)ccc1Cl)S(=O)(=O)c1ccccc1)NC1CCCCC1. The minimum absolute atomic E-state index is 0.0801. The molecule has 5 nitrogen and oxygen atoms in total. The third-order valence-corrected chi connectivity index (χ3v) is 7.09. The van der Waals surface area contributed by atoms with Gasteiger partial charge in [-0.1, -0.05) is 60.7 Å². The summed E-state index contributed by atoms with van der Waals surface area (Å²) < 4.78 is 27.6. The van der Waals surface area contributed by atoms with Crippen molar-refractivity contribution in [2.75, 3.05) is 10.8 Å². The molecule has 150 valence electrons. The summed E-state index contributed by atoms with van der Waals surface area (Å²) in [5.74, 6) is -0.359. The van der Waals surface area contributed by atoms with Crippen molar-refractivity contribution in [2.24, 2.45) is 0 Å². The first-order chi connectivity index (χ1) is 13.4. The zero-order valence-corrected chi connectivity index (χ0v) is 17.6. The van der Waals surface area contributed by atoms with Crippen LogP contribution in [0.4, 0.5) is 5.69 Å². The number of carbonyl (C=O) groups excluding carboxylic acids is 1. The highest BCUT2D eigenvalue weighted by molar-refractivity contribution is 7.92. The molecule has 1 aliphatic carbocycles. The second-order valence-corrected chi connectivity index (χ2v) is 9.53. The molecule has 28 heavy (non-hydrogen) atoms. The van der Waals surface area contributed by atoms with Gasteiger partial charge < -0.3 is 5.32 Å². The Labute approximate surface area is 175 Å². The van der Waals surface area contributed by atoms with E-state index in [1.807, 2.05) is 0 Å². The minimum atomic E-state index is -4.00. The second-order valence-electron chi connectivity index (χ2n) is 6.82. The highest BCUT2D eigenvalue weighted by Crippen LogP contribution is 2.33. The van der Waals surface area contributed by atoms with Crippen molar-refractivity contribution in [1.82, 2.24) is 5.32 Å². The van der Waals surface area contributed by atoms with Crippen molar-refractivity contribution in [2.45, 2.75) is 43.0 Å². The number of hydrogen-bond donors (Lipinski definition) is 1. The number of nitrogens with one attached hydrogen (secondary N) is 1. The molecule has 2 aromatic rings. The van der Waals surface area contributed by atoms with Gasteiger partial charge in [0.25, 0.3) is 10.0 Å². The molecular formula is C20H22Cl2N2O3S. The average Bonchev–Trinajstić information content (AvgIpc) is 2.69. The fourth-order valence-corrected chi connectivity index (χ4v) is 5.24. The normalized spacial score (nSPS) is 15.2.